The largest absolute Gasteiger partial charge is 0.492 e. The van der Waals surface area contributed by atoms with Gasteiger partial charge in [0.2, 0.25) is 10.0 Å². The second-order valence-corrected chi connectivity index (χ2v) is 8.33. The summed E-state index contributed by atoms with van der Waals surface area (Å²) in [7, 11) is -3.30. The fourth-order valence-electron chi connectivity index (χ4n) is 2.61. The van der Waals surface area contributed by atoms with E-state index in [2.05, 4.69) is 15.0 Å². The topological polar surface area (TPSA) is 115 Å². The summed E-state index contributed by atoms with van der Waals surface area (Å²) in [6, 6.07) is 23.5. The third-order valence-electron chi connectivity index (χ3n) is 3.89. The van der Waals surface area contributed by atoms with E-state index in [1.165, 1.54) is 0 Å². The second kappa shape index (κ2) is 10.4. The summed E-state index contributed by atoms with van der Waals surface area (Å²) in [4.78, 5) is 4.24. The number of nitrogens with two attached hydrogens (primary N) is 1. The van der Waals surface area contributed by atoms with Crippen molar-refractivity contribution < 1.29 is 17.9 Å². The molecule has 0 aliphatic heterocycles. The molecular formula is C22H24N4O4S. The first-order valence-corrected chi connectivity index (χ1v) is 11.4. The predicted octanol–water partition coefficient (Wildman–Crippen LogP) is 3.66. The molecular weight excluding hydrogens is 416 g/mol. The van der Waals surface area contributed by atoms with Crippen molar-refractivity contribution in [2.24, 2.45) is 10.7 Å². The molecule has 0 aromatic heterocycles. The second-order valence-electron chi connectivity index (χ2n) is 6.58. The molecule has 0 fully saturated rings. The molecule has 0 spiro atoms. The lowest BCUT2D eigenvalue weighted by molar-refractivity contribution is 0.329. The third-order valence-corrected chi connectivity index (χ3v) is 4.49. The minimum atomic E-state index is -3.30. The zero-order valence-corrected chi connectivity index (χ0v) is 17.8. The minimum Gasteiger partial charge on any atom is -0.492 e. The quantitative estimate of drug-likeness (QED) is 0.266. The minimum absolute atomic E-state index is 0.258. The number of nitrogens with one attached hydrogen (secondary N) is 2. The summed E-state index contributed by atoms with van der Waals surface area (Å²) in [6.07, 6.45) is 1.10. The van der Waals surface area contributed by atoms with Crippen LogP contribution in [-0.4, -0.2) is 33.8 Å². The SMILES string of the molecule is CS(=O)(=O)Nc1ccc(OCCN=C(N)Nc2cccc(Oc3ccccc3)c2)cc1. The zero-order valence-electron chi connectivity index (χ0n) is 17.0. The van der Waals surface area contributed by atoms with E-state index in [1.807, 2.05) is 54.6 Å². The van der Waals surface area contributed by atoms with Crippen molar-refractivity contribution in [2.45, 2.75) is 0 Å². The van der Waals surface area contributed by atoms with Gasteiger partial charge in [-0.2, -0.15) is 0 Å². The van der Waals surface area contributed by atoms with Crippen LogP contribution in [0, 0.1) is 0 Å². The van der Waals surface area contributed by atoms with Gasteiger partial charge in [0.15, 0.2) is 5.96 Å². The molecule has 162 valence electrons. The number of para-hydroxylation sites is 1. The molecule has 0 unspecified atom stereocenters. The number of anilines is 2. The monoisotopic (exact) mass is 440 g/mol. The van der Waals surface area contributed by atoms with Crippen molar-refractivity contribution in [1.29, 1.82) is 0 Å². The molecule has 0 bridgehead atoms. The molecule has 0 radical (unpaired) electrons. The number of hydrogen-bond donors (Lipinski definition) is 3. The van der Waals surface area contributed by atoms with Crippen molar-refractivity contribution in [2.75, 3.05) is 29.4 Å². The van der Waals surface area contributed by atoms with E-state index in [0.717, 1.165) is 17.7 Å². The zero-order chi connectivity index (χ0) is 22.1. The molecule has 0 amide bonds. The van der Waals surface area contributed by atoms with Crippen LogP contribution in [0.4, 0.5) is 11.4 Å². The highest BCUT2D eigenvalue weighted by molar-refractivity contribution is 7.92. The van der Waals surface area contributed by atoms with Crippen molar-refractivity contribution in [3.8, 4) is 17.2 Å². The van der Waals surface area contributed by atoms with E-state index in [0.29, 0.717) is 30.3 Å². The Morgan fingerprint density at radius 1 is 0.903 bits per heavy atom. The molecule has 0 atom stereocenters. The van der Waals surface area contributed by atoms with Gasteiger partial charge in [-0.25, -0.2) is 13.4 Å². The Labute approximate surface area is 181 Å². The lowest BCUT2D eigenvalue weighted by atomic mass is 10.3. The average molecular weight is 441 g/mol. The highest BCUT2D eigenvalue weighted by Crippen LogP contribution is 2.23. The van der Waals surface area contributed by atoms with E-state index < -0.39 is 10.0 Å². The van der Waals surface area contributed by atoms with Crippen LogP contribution >= 0.6 is 0 Å². The summed E-state index contributed by atoms with van der Waals surface area (Å²) < 4.78 is 36.2. The number of nitrogens with zero attached hydrogens (tertiary/aromatic N) is 1. The first kappa shape index (κ1) is 22.0. The number of guanidine groups is 1. The third kappa shape index (κ3) is 7.90. The molecule has 0 aliphatic rings. The van der Waals surface area contributed by atoms with Gasteiger partial charge in [-0.05, 0) is 48.5 Å². The van der Waals surface area contributed by atoms with E-state index in [4.69, 9.17) is 15.2 Å². The summed E-state index contributed by atoms with van der Waals surface area (Å²) in [6.45, 7) is 0.667. The number of benzene rings is 3. The number of ether oxygens (including phenoxy) is 2. The first-order chi connectivity index (χ1) is 14.9. The Kier molecular flexibility index (Phi) is 7.34. The normalized spacial score (nSPS) is 11.6. The summed E-state index contributed by atoms with van der Waals surface area (Å²) in [5, 5.41) is 3.02. The maximum Gasteiger partial charge on any atom is 0.229 e. The van der Waals surface area contributed by atoms with E-state index in [1.54, 1.807) is 24.3 Å². The average Bonchev–Trinajstić information content (AvgIpc) is 2.72. The van der Waals surface area contributed by atoms with Gasteiger partial charge in [0.1, 0.15) is 23.9 Å². The first-order valence-electron chi connectivity index (χ1n) is 9.48. The van der Waals surface area contributed by atoms with E-state index in [9.17, 15) is 8.42 Å². The smallest absolute Gasteiger partial charge is 0.229 e. The van der Waals surface area contributed by atoms with Gasteiger partial charge in [0.05, 0.1) is 12.8 Å². The van der Waals surface area contributed by atoms with Gasteiger partial charge in [-0.3, -0.25) is 4.72 Å². The lowest BCUT2D eigenvalue weighted by Crippen LogP contribution is -2.23. The van der Waals surface area contributed by atoms with Crippen molar-refractivity contribution in [3.05, 3.63) is 78.9 Å². The molecule has 0 aliphatic carbocycles. The summed E-state index contributed by atoms with van der Waals surface area (Å²) in [5.74, 6) is 2.29. The summed E-state index contributed by atoms with van der Waals surface area (Å²) >= 11 is 0. The fraction of sp³-hybridized carbons (Fsp3) is 0.136. The van der Waals surface area contributed by atoms with Gasteiger partial charge < -0.3 is 20.5 Å². The maximum absolute atomic E-state index is 11.2. The van der Waals surface area contributed by atoms with Gasteiger partial charge in [0.25, 0.3) is 0 Å². The predicted molar refractivity (Wildman–Crippen MR) is 123 cm³/mol. The molecule has 0 saturated heterocycles. The van der Waals surface area contributed by atoms with Crippen LogP contribution in [0.15, 0.2) is 83.9 Å². The summed E-state index contributed by atoms with van der Waals surface area (Å²) in [5.41, 5.74) is 7.17. The standard InChI is InChI=1S/C22H24N4O4S/c1-31(27,28)26-17-10-12-19(13-11-17)29-15-14-24-22(23)25-18-6-5-9-21(16-18)30-20-7-3-2-4-8-20/h2-13,16,26H,14-15H2,1H3,(H3,23,24,25). The molecule has 0 heterocycles. The Balaban J connectivity index is 1.46. The van der Waals surface area contributed by atoms with Crippen molar-refractivity contribution in [1.82, 2.24) is 0 Å². The molecule has 9 heteroatoms. The van der Waals surface area contributed by atoms with E-state index >= 15 is 0 Å². The molecule has 31 heavy (non-hydrogen) atoms. The van der Waals surface area contributed by atoms with Gasteiger partial charge in [-0.1, -0.05) is 24.3 Å². The molecule has 3 aromatic carbocycles. The van der Waals surface area contributed by atoms with Gasteiger partial charge in [-0.15, -0.1) is 0 Å². The van der Waals surface area contributed by atoms with Gasteiger partial charge in [0, 0.05) is 17.4 Å². The highest BCUT2D eigenvalue weighted by atomic mass is 32.2. The molecule has 4 N–H and O–H groups in total. The number of aliphatic imine (C=N–C) groups is 1. The Morgan fingerprint density at radius 3 is 2.32 bits per heavy atom. The van der Waals surface area contributed by atoms with Crippen LogP contribution in [0.25, 0.3) is 0 Å². The van der Waals surface area contributed by atoms with E-state index in [-0.39, 0.29) is 5.96 Å². The van der Waals surface area contributed by atoms with Crippen LogP contribution in [-0.2, 0) is 10.0 Å². The van der Waals surface area contributed by atoms with Crippen LogP contribution in [0.2, 0.25) is 0 Å². The molecule has 8 nitrogen and oxygen atoms in total. The Morgan fingerprint density at radius 2 is 1.61 bits per heavy atom. The number of sulfonamides is 1. The molecule has 3 rings (SSSR count). The Bertz CT molecular complexity index is 1120. The van der Waals surface area contributed by atoms with Crippen molar-refractivity contribution >= 4 is 27.4 Å². The number of rotatable bonds is 9. The number of hydrogen-bond acceptors (Lipinski definition) is 5. The van der Waals surface area contributed by atoms with Gasteiger partial charge >= 0.3 is 0 Å². The molecule has 0 saturated carbocycles. The van der Waals surface area contributed by atoms with Crippen molar-refractivity contribution in [3.63, 3.8) is 0 Å². The van der Waals surface area contributed by atoms with Crippen LogP contribution in [0.3, 0.4) is 0 Å². The van der Waals surface area contributed by atoms with Crippen LogP contribution < -0.4 is 25.2 Å². The molecule has 3 aromatic rings. The highest BCUT2D eigenvalue weighted by Gasteiger charge is 2.02. The maximum atomic E-state index is 11.2. The fourth-order valence-corrected chi connectivity index (χ4v) is 3.18. The van der Waals surface area contributed by atoms with Crippen LogP contribution in [0.5, 0.6) is 17.2 Å². The Hall–Kier alpha value is -3.72. The van der Waals surface area contributed by atoms with Crippen LogP contribution in [0.1, 0.15) is 0 Å². The lowest BCUT2D eigenvalue weighted by Gasteiger charge is -2.10.